The zero-order valence-corrected chi connectivity index (χ0v) is 22.9. The van der Waals surface area contributed by atoms with E-state index in [9.17, 15) is 14.4 Å². The van der Waals surface area contributed by atoms with E-state index >= 15 is 0 Å². The minimum Gasteiger partial charge on any atom is -0.464 e. The smallest absolute Gasteiger partial charge is 0.408 e. The number of ether oxygens (including phenoxy) is 2. The second-order valence-electron chi connectivity index (χ2n) is 9.52. The predicted octanol–water partition coefficient (Wildman–Crippen LogP) is 4.26. The van der Waals surface area contributed by atoms with Crippen LogP contribution < -0.4 is 10.6 Å². The number of aromatic nitrogens is 2. The number of nitrogens with zero attached hydrogens (tertiary/aromatic N) is 2. The number of aryl methyl sites for hydroxylation is 1. The summed E-state index contributed by atoms with van der Waals surface area (Å²) in [4.78, 5) is 43.8. The first kappa shape index (κ1) is 28.4. The highest BCUT2D eigenvalue weighted by Crippen LogP contribution is 2.29. The van der Waals surface area contributed by atoms with Gasteiger partial charge in [0.15, 0.2) is 0 Å². The number of benzene rings is 2. The average Bonchev–Trinajstić information content (AvgIpc) is 3.31. The van der Waals surface area contributed by atoms with Crippen molar-refractivity contribution in [1.82, 2.24) is 20.2 Å². The fourth-order valence-corrected chi connectivity index (χ4v) is 4.65. The number of alkyl carbamates (subject to hydrolysis) is 1. The lowest BCUT2D eigenvalue weighted by atomic mass is 9.92. The molecule has 40 heavy (non-hydrogen) atoms. The van der Waals surface area contributed by atoms with E-state index in [-0.39, 0.29) is 19.6 Å². The van der Waals surface area contributed by atoms with Crippen LogP contribution in [-0.4, -0.2) is 46.2 Å². The number of hydrogen-bond acceptors (Lipinski definition) is 6. The maximum absolute atomic E-state index is 13.8. The first-order chi connectivity index (χ1) is 19.4. The molecule has 3 atom stereocenters. The first-order valence-electron chi connectivity index (χ1n) is 13.3. The molecule has 0 aliphatic heterocycles. The summed E-state index contributed by atoms with van der Waals surface area (Å²) < 4.78 is 12.7. The molecule has 0 saturated carbocycles. The van der Waals surface area contributed by atoms with Crippen LogP contribution in [0.4, 0.5) is 4.79 Å². The number of para-hydroxylation sites is 1. The normalized spacial score (nSPS) is 13.2. The number of carbonyl (C=O) groups excluding carboxylic acids is 3. The highest BCUT2D eigenvalue weighted by atomic mass is 16.5. The largest absolute Gasteiger partial charge is 0.464 e. The van der Waals surface area contributed by atoms with E-state index in [4.69, 9.17) is 9.47 Å². The van der Waals surface area contributed by atoms with E-state index in [1.807, 2.05) is 85.4 Å². The molecule has 2 aromatic carbocycles. The van der Waals surface area contributed by atoms with Crippen molar-refractivity contribution in [2.75, 3.05) is 6.61 Å². The summed E-state index contributed by atoms with van der Waals surface area (Å²) in [6.45, 7) is 3.77. The van der Waals surface area contributed by atoms with E-state index in [1.165, 1.54) is 0 Å². The van der Waals surface area contributed by atoms with Crippen LogP contribution in [0.1, 0.15) is 36.6 Å². The molecule has 2 aromatic heterocycles. The third kappa shape index (κ3) is 7.05. The second kappa shape index (κ2) is 13.4. The molecular formula is C31H34N4O5. The van der Waals surface area contributed by atoms with Crippen LogP contribution in [-0.2, 0) is 39.1 Å². The van der Waals surface area contributed by atoms with Crippen molar-refractivity contribution in [3.05, 3.63) is 102 Å². The fourth-order valence-electron chi connectivity index (χ4n) is 4.65. The van der Waals surface area contributed by atoms with Crippen molar-refractivity contribution in [3.8, 4) is 0 Å². The molecule has 4 rings (SSSR count). The van der Waals surface area contributed by atoms with Gasteiger partial charge in [0.2, 0.25) is 5.91 Å². The number of fused-ring (bicyclic) bond motifs is 1. The third-order valence-electron chi connectivity index (χ3n) is 6.71. The summed E-state index contributed by atoms with van der Waals surface area (Å²) in [6, 6.07) is 20.4. The van der Waals surface area contributed by atoms with Crippen LogP contribution in [0.25, 0.3) is 10.9 Å². The number of pyridine rings is 1. The van der Waals surface area contributed by atoms with Gasteiger partial charge in [-0.15, -0.1) is 0 Å². The molecule has 0 bridgehead atoms. The van der Waals surface area contributed by atoms with E-state index in [0.29, 0.717) is 5.69 Å². The molecule has 2 amide bonds. The van der Waals surface area contributed by atoms with Crippen molar-refractivity contribution in [3.63, 3.8) is 0 Å². The summed E-state index contributed by atoms with van der Waals surface area (Å²) in [5.74, 6) is -1.58. The predicted molar refractivity (Wildman–Crippen MR) is 151 cm³/mol. The number of nitrogens with one attached hydrogen (secondary N) is 2. The summed E-state index contributed by atoms with van der Waals surface area (Å²) in [7, 11) is 1.93. The molecule has 0 aliphatic carbocycles. The van der Waals surface area contributed by atoms with Crippen molar-refractivity contribution in [2.24, 2.45) is 7.05 Å². The maximum Gasteiger partial charge on any atom is 0.408 e. The average molecular weight is 543 g/mol. The van der Waals surface area contributed by atoms with E-state index in [1.54, 1.807) is 25.3 Å². The van der Waals surface area contributed by atoms with Gasteiger partial charge in [-0.25, -0.2) is 9.59 Å². The van der Waals surface area contributed by atoms with Crippen LogP contribution in [0.3, 0.4) is 0 Å². The van der Waals surface area contributed by atoms with Gasteiger partial charge in [-0.05, 0) is 36.2 Å². The monoisotopic (exact) mass is 542 g/mol. The first-order valence-corrected chi connectivity index (χ1v) is 13.3. The van der Waals surface area contributed by atoms with Crippen molar-refractivity contribution >= 4 is 28.9 Å². The van der Waals surface area contributed by atoms with Gasteiger partial charge in [0, 0.05) is 48.4 Å². The third-order valence-corrected chi connectivity index (χ3v) is 6.71. The summed E-state index contributed by atoms with van der Waals surface area (Å²) in [6.07, 6.45) is 2.96. The zero-order chi connectivity index (χ0) is 28.5. The summed E-state index contributed by atoms with van der Waals surface area (Å²) in [5, 5.41) is 6.52. The minimum atomic E-state index is -1.05. The fraction of sp³-hybridized carbons (Fsp3) is 0.290. The van der Waals surface area contributed by atoms with Crippen LogP contribution in [0.5, 0.6) is 0 Å². The van der Waals surface area contributed by atoms with Gasteiger partial charge in [-0.1, -0.05) is 61.5 Å². The van der Waals surface area contributed by atoms with Gasteiger partial charge in [0.1, 0.15) is 18.7 Å². The molecule has 0 fully saturated rings. The number of esters is 1. The molecule has 208 valence electrons. The molecule has 0 spiro atoms. The second-order valence-corrected chi connectivity index (χ2v) is 9.52. The molecule has 9 heteroatoms. The van der Waals surface area contributed by atoms with Crippen molar-refractivity contribution < 1.29 is 23.9 Å². The van der Waals surface area contributed by atoms with Gasteiger partial charge in [0.25, 0.3) is 0 Å². The number of rotatable bonds is 11. The van der Waals surface area contributed by atoms with Crippen LogP contribution in [0, 0.1) is 0 Å². The van der Waals surface area contributed by atoms with Gasteiger partial charge < -0.3 is 24.7 Å². The maximum atomic E-state index is 13.8. The molecule has 9 nitrogen and oxygen atoms in total. The van der Waals surface area contributed by atoms with Gasteiger partial charge in [-0.2, -0.15) is 0 Å². The van der Waals surface area contributed by atoms with Crippen molar-refractivity contribution in [2.45, 2.75) is 44.9 Å². The zero-order valence-electron chi connectivity index (χ0n) is 22.9. The molecule has 0 radical (unpaired) electrons. The Morgan fingerprint density at radius 3 is 2.38 bits per heavy atom. The van der Waals surface area contributed by atoms with Gasteiger partial charge in [-0.3, -0.25) is 9.78 Å². The Kier molecular flexibility index (Phi) is 9.51. The quantitative estimate of drug-likeness (QED) is 0.274. The molecule has 0 saturated heterocycles. The van der Waals surface area contributed by atoms with E-state index in [0.717, 1.165) is 22.0 Å². The number of hydrogen-bond donors (Lipinski definition) is 2. The Bertz CT molecular complexity index is 1440. The lowest BCUT2D eigenvalue weighted by molar-refractivity contribution is -0.147. The lowest BCUT2D eigenvalue weighted by Crippen LogP contribution is -2.54. The highest BCUT2D eigenvalue weighted by molar-refractivity contribution is 5.92. The van der Waals surface area contributed by atoms with Gasteiger partial charge >= 0.3 is 12.1 Å². The molecular weight excluding hydrogens is 508 g/mol. The Balaban J connectivity index is 1.59. The van der Waals surface area contributed by atoms with Crippen LogP contribution >= 0.6 is 0 Å². The molecule has 0 unspecified atom stereocenters. The van der Waals surface area contributed by atoms with Crippen LogP contribution in [0.15, 0.2) is 85.2 Å². The summed E-state index contributed by atoms with van der Waals surface area (Å²) in [5.41, 5.74) is 3.31. The lowest BCUT2D eigenvalue weighted by Gasteiger charge is -2.26. The standard InChI is InChI=1S/C31H34N4O5/c1-4-39-30(37)26(18-23-14-10-11-17-32-23)33-29(36)28(34-31(38)40-20-22-12-6-5-7-13-22)21(2)25-19-35(3)27-16-9-8-15-24(25)27/h5-17,19,21,26,28H,4,18,20H2,1-3H3,(H,33,36)(H,34,38)/t21-,26-,28-/m1/s1. The summed E-state index contributed by atoms with van der Waals surface area (Å²) >= 11 is 0. The Morgan fingerprint density at radius 2 is 1.65 bits per heavy atom. The molecule has 0 aliphatic rings. The molecule has 2 N–H and O–H groups in total. The number of amides is 2. The number of carbonyl (C=O) groups is 3. The van der Waals surface area contributed by atoms with Gasteiger partial charge in [0.05, 0.1) is 6.61 Å². The van der Waals surface area contributed by atoms with Crippen molar-refractivity contribution in [1.29, 1.82) is 0 Å². The van der Waals surface area contributed by atoms with E-state index in [2.05, 4.69) is 15.6 Å². The van der Waals surface area contributed by atoms with E-state index < -0.39 is 36.0 Å². The topological polar surface area (TPSA) is 112 Å². The molecule has 4 aromatic rings. The van der Waals surface area contributed by atoms with Crippen LogP contribution in [0.2, 0.25) is 0 Å². The minimum absolute atomic E-state index is 0.0504. The highest BCUT2D eigenvalue weighted by Gasteiger charge is 2.33. The SMILES string of the molecule is CCOC(=O)[C@@H](Cc1ccccn1)NC(=O)[C@H](NC(=O)OCc1ccccc1)[C@H](C)c1cn(C)c2ccccc12. The Hall–Kier alpha value is -4.66. The Labute approximate surface area is 233 Å². The molecule has 2 heterocycles. The Morgan fingerprint density at radius 1 is 0.925 bits per heavy atom.